The number of halogens is 1. The number of anilines is 1. The van der Waals surface area contributed by atoms with E-state index in [0.29, 0.717) is 5.82 Å². The lowest BCUT2D eigenvalue weighted by atomic mass is 10.1. The maximum absolute atomic E-state index is 13.9. The lowest BCUT2D eigenvalue weighted by Gasteiger charge is -2.17. The minimum absolute atomic E-state index is 0.304. The van der Waals surface area contributed by atoms with Gasteiger partial charge < -0.3 is 20.9 Å². The highest BCUT2D eigenvalue weighted by atomic mass is 19.1. The van der Waals surface area contributed by atoms with Crippen LogP contribution in [0, 0.1) is 13.8 Å². The van der Waals surface area contributed by atoms with Crippen molar-refractivity contribution in [3.05, 3.63) is 17.6 Å². The Bertz CT molecular complexity index is 432. The normalized spacial score (nSPS) is 31.6. The van der Waals surface area contributed by atoms with E-state index in [0.717, 1.165) is 11.3 Å². The summed E-state index contributed by atoms with van der Waals surface area (Å²) in [6.07, 6.45) is -1.58. The number of ether oxygens (including phenoxy) is 1. The van der Waals surface area contributed by atoms with Gasteiger partial charge in [-0.3, -0.25) is 0 Å². The van der Waals surface area contributed by atoms with E-state index < -0.39 is 24.5 Å². The molecule has 1 unspecified atom stereocenters. The van der Waals surface area contributed by atoms with Crippen molar-refractivity contribution in [3.8, 4) is 0 Å². The smallest absolute Gasteiger partial charge is 0.162 e. The molecule has 0 amide bonds. The molecular formula is C11H17FN4O2. The van der Waals surface area contributed by atoms with E-state index in [4.69, 9.17) is 15.6 Å². The standard InChI is InChI=1S/C11H17FN4O2/c1-5-6(2)14-4-15-10(5)16-11-8(12)9(13)7(3-17)18-11/h4,7-9,11,17H,3,13H2,1-2H3,(H,14,15,16)/t7?,8-,9-,11-/m1/s1. The summed E-state index contributed by atoms with van der Waals surface area (Å²) in [5.74, 6) is 0.515. The number of alkyl halides is 1. The van der Waals surface area contributed by atoms with Crippen LogP contribution in [0.4, 0.5) is 10.2 Å². The Balaban J connectivity index is 2.13. The Hall–Kier alpha value is -1.31. The molecule has 7 heteroatoms. The van der Waals surface area contributed by atoms with Crippen LogP contribution in [0.15, 0.2) is 6.33 Å². The number of nitrogens with zero attached hydrogens (tertiary/aromatic N) is 2. The number of nitrogens with two attached hydrogens (primary N) is 1. The molecule has 0 radical (unpaired) electrons. The van der Waals surface area contributed by atoms with Crippen molar-refractivity contribution in [1.82, 2.24) is 9.97 Å². The van der Waals surface area contributed by atoms with Gasteiger partial charge in [0.15, 0.2) is 12.4 Å². The molecule has 0 saturated carbocycles. The molecule has 2 heterocycles. The molecule has 2 rings (SSSR count). The molecule has 0 aromatic carbocycles. The van der Waals surface area contributed by atoms with Crippen LogP contribution in [0.1, 0.15) is 11.3 Å². The largest absolute Gasteiger partial charge is 0.394 e. The van der Waals surface area contributed by atoms with E-state index in [-0.39, 0.29) is 6.61 Å². The van der Waals surface area contributed by atoms with Crippen LogP contribution in [0.25, 0.3) is 0 Å². The molecule has 4 atom stereocenters. The quantitative estimate of drug-likeness (QED) is 0.698. The number of hydrogen-bond acceptors (Lipinski definition) is 6. The van der Waals surface area contributed by atoms with E-state index in [2.05, 4.69) is 15.3 Å². The molecule has 18 heavy (non-hydrogen) atoms. The summed E-state index contributed by atoms with van der Waals surface area (Å²) >= 11 is 0. The lowest BCUT2D eigenvalue weighted by Crippen LogP contribution is -2.40. The number of aliphatic hydroxyl groups is 1. The average Bonchev–Trinajstić information content (AvgIpc) is 2.63. The number of rotatable bonds is 3. The first-order valence-corrected chi connectivity index (χ1v) is 5.75. The Morgan fingerprint density at radius 2 is 2.22 bits per heavy atom. The molecule has 1 aliphatic heterocycles. The Morgan fingerprint density at radius 1 is 1.50 bits per heavy atom. The van der Waals surface area contributed by atoms with Gasteiger partial charge >= 0.3 is 0 Å². The summed E-state index contributed by atoms with van der Waals surface area (Å²) in [5.41, 5.74) is 7.25. The van der Waals surface area contributed by atoms with E-state index >= 15 is 0 Å². The van der Waals surface area contributed by atoms with Gasteiger partial charge in [0.05, 0.1) is 12.6 Å². The Labute approximate surface area is 104 Å². The maximum Gasteiger partial charge on any atom is 0.162 e. The van der Waals surface area contributed by atoms with Crippen molar-refractivity contribution in [2.75, 3.05) is 11.9 Å². The molecule has 0 bridgehead atoms. The third-order valence-corrected chi connectivity index (χ3v) is 3.20. The van der Waals surface area contributed by atoms with Gasteiger partial charge in [-0.15, -0.1) is 0 Å². The summed E-state index contributed by atoms with van der Waals surface area (Å²) in [4.78, 5) is 8.07. The topological polar surface area (TPSA) is 93.3 Å². The zero-order valence-corrected chi connectivity index (χ0v) is 10.3. The van der Waals surface area contributed by atoms with Crippen LogP contribution in [0.2, 0.25) is 0 Å². The van der Waals surface area contributed by atoms with Gasteiger partial charge in [0.2, 0.25) is 0 Å². The van der Waals surface area contributed by atoms with Gasteiger partial charge in [-0.1, -0.05) is 0 Å². The molecule has 1 saturated heterocycles. The number of aryl methyl sites for hydroxylation is 1. The summed E-state index contributed by atoms with van der Waals surface area (Å²) in [5, 5.41) is 11.9. The number of nitrogens with one attached hydrogen (secondary N) is 1. The van der Waals surface area contributed by atoms with Gasteiger partial charge in [0, 0.05) is 11.3 Å². The minimum atomic E-state index is -1.39. The summed E-state index contributed by atoms with van der Waals surface area (Å²) in [7, 11) is 0. The lowest BCUT2D eigenvalue weighted by molar-refractivity contribution is 0.0127. The monoisotopic (exact) mass is 256 g/mol. The van der Waals surface area contributed by atoms with Crippen LogP contribution in [0.5, 0.6) is 0 Å². The van der Waals surface area contributed by atoms with Crippen molar-refractivity contribution in [3.63, 3.8) is 0 Å². The van der Waals surface area contributed by atoms with Crippen molar-refractivity contribution >= 4 is 5.82 Å². The van der Waals surface area contributed by atoms with E-state index in [9.17, 15) is 4.39 Å². The second-order valence-electron chi connectivity index (χ2n) is 4.38. The average molecular weight is 256 g/mol. The van der Waals surface area contributed by atoms with Crippen LogP contribution in [-0.4, -0.2) is 46.2 Å². The van der Waals surface area contributed by atoms with Crippen LogP contribution in [-0.2, 0) is 4.74 Å². The highest BCUT2D eigenvalue weighted by molar-refractivity contribution is 5.45. The fourth-order valence-corrected chi connectivity index (χ4v) is 1.86. The Morgan fingerprint density at radius 3 is 2.83 bits per heavy atom. The number of aromatic nitrogens is 2. The third kappa shape index (κ3) is 2.29. The molecule has 1 aromatic rings. The minimum Gasteiger partial charge on any atom is -0.394 e. The first kappa shape index (κ1) is 13.1. The van der Waals surface area contributed by atoms with Crippen molar-refractivity contribution < 1.29 is 14.2 Å². The summed E-state index contributed by atoms with van der Waals surface area (Å²) in [6.45, 7) is 3.37. The highest BCUT2D eigenvalue weighted by Gasteiger charge is 2.42. The van der Waals surface area contributed by atoms with E-state index in [1.165, 1.54) is 6.33 Å². The summed E-state index contributed by atoms with van der Waals surface area (Å²) in [6, 6.07) is -0.837. The molecule has 1 aliphatic rings. The molecule has 6 nitrogen and oxygen atoms in total. The predicted molar refractivity (Wildman–Crippen MR) is 63.7 cm³/mol. The van der Waals surface area contributed by atoms with Gasteiger partial charge in [-0.25, -0.2) is 14.4 Å². The molecular weight excluding hydrogens is 239 g/mol. The van der Waals surface area contributed by atoms with Crippen molar-refractivity contribution in [1.29, 1.82) is 0 Å². The second kappa shape index (κ2) is 5.13. The first-order valence-electron chi connectivity index (χ1n) is 5.75. The van der Waals surface area contributed by atoms with E-state index in [1.807, 2.05) is 13.8 Å². The first-order chi connectivity index (χ1) is 8.54. The number of aliphatic hydroxyl groups excluding tert-OH is 1. The fourth-order valence-electron chi connectivity index (χ4n) is 1.86. The number of hydrogen-bond donors (Lipinski definition) is 3. The van der Waals surface area contributed by atoms with E-state index in [1.54, 1.807) is 0 Å². The molecule has 0 spiro atoms. The maximum atomic E-state index is 13.9. The zero-order valence-electron chi connectivity index (χ0n) is 10.3. The third-order valence-electron chi connectivity index (χ3n) is 3.20. The molecule has 4 N–H and O–H groups in total. The predicted octanol–water partition coefficient (Wildman–Crippen LogP) is -0.112. The van der Waals surface area contributed by atoms with Gasteiger partial charge in [0.25, 0.3) is 0 Å². The highest BCUT2D eigenvalue weighted by Crippen LogP contribution is 2.24. The van der Waals surface area contributed by atoms with Crippen LogP contribution < -0.4 is 11.1 Å². The van der Waals surface area contributed by atoms with Gasteiger partial charge in [-0.2, -0.15) is 0 Å². The molecule has 1 fully saturated rings. The fraction of sp³-hybridized carbons (Fsp3) is 0.636. The Kier molecular flexibility index (Phi) is 3.74. The molecule has 0 aliphatic carbocycles. The van der Waals surface area contributed by atoms with Crippen molar-refractivity contribution in [2.24, 2.45) is 5.73 Å². The molecule has 1 aromatic heterocycles. The second-order valence-corrected chi connectivity index (χ2v) is 4.38. The SMILES string of the molecule is Cc1ncnc(N[C@@H]2OC(CO)[C@@H](N)[C@H]2F)c1C. The van der Waals surface area contributed by atoms with Gasteiger partial charge in [0.1, 0.15) is 18.2 Å². The molecule has 100 valence electrons. The van der Waals surface area contributed by atoms with Crippen LogP contribution >= 0.6 is 0 Å². The summed E-state index contributed by atoms with van der Waals surface area (Å²) < 4.78 is 19.2. The zero-order chi connectivity index (χ0) is 13.3. The van der Waals surface area contributed by atoms with Crippen LogP contribution in [0.3, 0.4) is 0 Å². The van der Waals surface area contributed by atoms with Gasteiger partial charge in [-0.05, 0) is 13.8 Å². The van der Waals surface area contributed by atoms with Crippen molar-refractivity contribution in [2.45, 2.75) is 38.4 Å².